The van der Waals surface area contributed by atoms with Crippen molar-refractivity contribution in [3.63, 3.8) is 0 Å². The number of aromatic nitrogens is 4. The molecule has 3 N–H and O–H groups in total. The summed E-state index contributed by atoms with van der Waals surface area (Å²) >= 11 is 3.49. The van der Waals surface area contributed by atoms with Crippen LogP contribution in [0.5, 0.6) is 0 Å². The molecule has 4 aromatic rings. The Morgan fingerprint density at radius 2 is 1.90 bits per heavy atom. The monoisotopic (exact) mass is 481 g/mol. The van der Waals surface area contributed by atoms with Crippen LogP contribution in [-0.2, 0) is 4.74 Å². The molecule has 0 bridgehead atoms. The number of ether oxygens (including phenoxy) is 1. The summed E-state index contributed by atoms with van der Waals surface area (Å²) in [6.07, 6.45) is 3.31. The number of halogens is 1. The first kappa shape index (κ1) is 19.6. The number of hydrogen-bond acceptors (Lipinski definition) is 8. The number of benzene rings is 1. The molecule has 0 aliphatic carbocycles. The highest BCUT2D eigenvalue weighted by Gasteiger charge is 2.12. The van der Waals surface area contributed by atoms with Gasteiger partial charge in [-0.1, -0.05) is 0 Å². The van der Waals surface area contributed by atoms with Gasteiger partial charge in [0.1, 0.15) is 11.5 Å². The van der Waals surface area contributed by atoms with Crippen molar-refractivity contribution in [2.75, 3.05) is 41.8 Å². The molecule has 0 saturated carbocycles. The lowest BCUT2D eigenvalue weighted by atomic mass is 10.2. The number of aromatic amines is 1. The largest absolute Gasteiger partial charge is 0.463 e. The smallest absolute Gasteiger partial charge is 0.229 e. The summed E-state index contributed by atoms with van der Waals surface area (Å²) in [5.74, 6) is 2.47. The van der Waals surface area contributed by atoms with E-state index in [1.165, 1.54) is 5.69 Å². The number of nitrogens with one attached hydrogen (secondary N) is 3. The molecule has 1 aromatic carbocycles. The number of morpholine rings is 1. The molecular formula is C21H20BrN7O2. The lowest BCUT2D eigenvalue weighted by Crippen LogP contribution is -2.36. The van der Waals surface area contributed by atoms with Gasteiger partial charge in [0, 0.05) is 36.7 Å². The van der Waals surface area contributed by atoms with Gasteiger partial charge in [0.25, 0.3) is 0 Å². The molecule has 1 aliphatic heterocycles. The first-order chi connectivity index (χ1) is 15.2. The van der Waals surface area contributed by atoms with E-state index in [1.54, 1.807) is 12.5 Å². The van der Waals surface area contributed by atoms with E-state index in [0.717, 1.165) is 36.5 Å². The van der Waals surface area contributed by atoms with Gasteiger partial charge in [0.15, 0.2) is 11.6 Å². The fourth-order valence-electron chi connectivity index (χ4n) is 3.29. The minimum absolute atomic E-state index is 0.482. The molecule has 5 rings (SSSR count). The quantitative estimate of drug-likeness (QED) is 0.368. The molecular weight excluding hydrogens is 462 g/mol. The average Bonchev–Trinajstić information content (AvgIpc) is 3.49. The van der Waals surface area contributed by atoms with Gasteiger partial charge < -0.3 is 24.7 Å². The molecule has 3 aromatic heterocycles. The average molecular weight is 482 g/mol. The second-order valence-electron chi connectivity index (χ2n) is 6.93. The predicted molar refractivity (Wildman–Crippen MR) is 122 cm³/mol. The van der Waals surface area contributed by atoms with Crippen molar-refractivity contribution in [1.82, 2.24) is 20.2 Å². The number of hydrogen-bond donors (Lipinski definition) is 3. The van der Waals surface area contributed by atoms with Gasteiger partial charge in [0.05, 0.1) is 23.9 Å². The highest BCUT2D eigenvalue weighted by molar-refractivity contribution is 9.10. The van der Waals surface area contributed by atoms with Gasteiger partial charge in [-0.25, -0.2) is 4.98 Å². The SMILES string of the molecule is Brc1cnc(Nc2ccc(N3CCOCC3)cc2)nc1Nc1cc(-c2ccco2)n[nH]1. The van der Waals surface area contributed by atoms with Gasteiger partial charge >= 0.3 is 0 Å². The third-order valence-electron chi connectivity index (χ3n) is 4.85. The molecule has 0 unspecified atom stereocenters. The van der Waals surface area contributed by atoms with Crippen molar-refractivity contribution in [1.29, 1.82) is 0 Å². The van der Waals surface area contributed by atoms with Gasteiger partial charge in [-0.05, 0) is 52.3 Å². The molecule has 0 amide bonds. The highest BCUT2D eigenvalue weighted by Crippen LogP contribution is 2.27. The maximum Gasteiger partial charge on any atom is 0.229 e. The predicted octanol–water partition coefficient (Wildman–Crippen LogP) is 4.55. The number of nitrogens with zero attached hydrogens (tertiary/aromatic N) is 4. The van der Waals surface area contributed by atoms with Crippen LogP contribution < -0.4 is 15.5 Å². The maximum absolute atomic E-state index is 5.42. The Bertz CT molecular complexity index is 1140. The van der Waals surface area contributed by atoms with E-state index in [0.29, 0.717) is 29.0 Å². The zero-order valence-corrected chi connectivity index (χ0v) is 18.1. The van der Waals surface area contributed by atoms with E-state index in [-0.39, 0.29) is 0 Å². The number of furan rings is 1. The van der Waals surface area contributed by atoms with Crippen molar-refractivity contribution in [2.24, 2.45) is 0 Å². The molecule has 31 heavy (non-hydrogen) atoms. The summed E-state index contributed by atoms with van der Waals surface area (Å²) in [5, 5.41) is 13.7. The van der Waals surface area contributed by atoms with E-state index >= 15 is 0 Å². The van der Waals surface area contributed by atoms with Gasteiger partial charge in [-0.3, -0.25) is 5.10 Å². The molecule has 1 aliphatic rings. The molecule has 1 fully saturated rings. The fraction of sp³-hybridized carbons (Fsp3) is 0.190. The van der Waals surface area contributed by atoms with Crippen LogP contribution in [0.15, 0.2) is 63.8 Å². The van der Waals surface area contributed by atoms with E-state index in [1.807, 2.05) is 30.3 Å². The molecule has 0 atom stereocenters. The van der Waals surface area contributed by atoms with Crippen LogP contribution in [-0.4, -0.2) is 46.5 Å². The normalized spacial score (nSPS) is 13.9. The van der Waals surface area contributed by atoms with Crippen LogP contribution in [0.2, 0.25) is 0 Å². The van der Waals surface area contributed by atoms with Crippen LogP contribution in [0.25, 0.3) is 11.5 Å². The zero-order valence-electron chi connectivity index (χ0n) is 16.5. The first-order valence-electron chi connectivity index (χ1n) is 9.83. The van der Waals surface area contributed by atoms with E-state index < -0.39 is 0 Å². The number of rotatable bonds is 6. The Kier molecular flexibility index (Phi) is 5.55. The Labute approximate surface area is 187 Å². The molecule has 0 spiro atoms. The molecule has 10 heteroatoms. The Morgan fingerprint density at radius 3 is 2.68 bits per heavy atom. The summed E-state index contributed by atoms with van der Waals surface area (Å²) in [7, 11) is 0. The summed E-state index contributed by atoms with van der Waals surface area (Å²) < 4.78 is 11.5. The summed E-state index contributed by atoms with van der Waals surface area (Å²) in [6, 6.07) is 13.8. The fourth-order valence-corrected chi connectivity index (χ4v) is 3.58. The second-order valence-corrected chi connectivity index (χ2v) is 7.78. The summed E-state index contributed by atoms with van der Waals surface area (Å²) in [6.45, 7) is 3.35. The Morgan fingerprint density at radius 1 is 1.06 bits per heavy atom. The van der Waals surface area contributed by atoms with E-state index in [9.17, 15) is 0 Å². The van der Waals surface area contributed by atoms with Crippen LogP contribution in [0.4, 0.5) is 29.0 Å². The van der Waals surface area contributed by atoms with E-state index in [4.69, 9.17) is 9.15 Å². The van der Waals surface area contributed by atoms with Crippen molar-refractivity contribution >= 4 is 44.9 Å². The van der Waals surface area contributed by atoms with E-state index in [2.05, 4.69) is 63.8 Å². The highest BCUT2D eigenvalue weighted by atomic mass is 79.9. The molecule has 158 valence electrons. The molecule has 0 radical (unpaired) electrons. The topological polar surface area (TPSA) is 104 Å². The summed E-state index contributed by atoms with van der Waals surface area (Å²) in [5.41, 5.74) is 2.79. The number of anilines is 5. The van der Waals surface area contributed by atoms with Crippen molar-refractivity contribution in [3.8, 4) is 11.5 Å². The van der Waals surface area contributed by atoms with Gasteiger partial charge in [-0.15, -0.1) is 0 Å². The minimum Gasteiger partial charge on any atom is -0.463 e. The lowest BCUT2D eigenvalue weighted by Gasteiger charge is -2.28. The van der Waals surface area contributed by atoms with Crippen molar-refractivity contribution in [3.05, 3.63) is 59.4 Å². The minimum atomic E-state index is 0.482. The Balaban J connectivity index is 1.28. The first-order valence-corrected chi connectivity index (χ1v) is 10.6. The van der Waals surface area contributed by atoms with Crippen molar-refractivity contribution < 1.29 is 9.15 Å². The van der Waals surface area contributed by atoms with Crippen molar-refractivity contribution in [2.45, 2.75) is 0 Å². The number of H-pyrrole nitrogens is 1. The third kappa shape index (κ3) is 4.54. The molecule has 4 heterocycles. The molecule has 9 nitrogen and oxygen atoms in total. The van der Waals surface area contributed by atoms with Crippen LogP contribution in [0, 0.1) is 0 Å². The van der Waals surface area contributed by atoms with Crippen LogP contribution in [0.3, 0.4) is 0 Å². The van der Waals surface area contributed by atoms with Gasteiger partial charge in [-0.2, -0.15) is 10.1 Å². The third-order valence-corrected chi connectivity index (χ3v) is 5.43. The zero-order chi connectivity index (χ0) is 21.0. The lowest BCUT2D eigenvalue weighted by molar-refractivity contribution is 0.122. The van der Waals surface area contributed by atoms with Crippen LogP contribution >= 0.6 is 15.9 Å². The second kappa shape index (κ2) is 8.78. The van der Waals surface area contributed by atoms with Gasteiger partial charge in [0.2, 0.25) is 5.95 Å². The summed E-state index contributed by atoms with van der Waals surface area (Å²) in [4.78, 5) is 11.2. The standard InChI is InChI=1S/C21H20BrN7O2/c22-16-13-23-21(24-14-3-5-15(6-4-14)29-7-10-30-11-8-29)26-20(16)25-19-12-17(27-28-19)18-2-1-9-31-18/h1-6,9,12-13H,7-8,10-11H2,(H3,23,24,25,26,27,28). The van der Waals surface area contributed by atoms with Crippen LogP contribution in [0.1, 0.15) is 0 Å². The Hall–Kier alpha value is -3.37. The maximum atomic E-state index is 5.42. The molecule has 1 saturated heterocycles.